The number of rotatable bonds is 8. The first kappa shape index (κ1) is 15.5. The number of methoxy groups -OCH3 is 2. The van der Waals surface area contributed by atoms with Crippen LogP contribution in [0.4, 0.5) is 0 Å². The smallest absolute Gasteiger partial charge is 0.203 e. The second-order valence-corrected chi connectivity index (χ2v) is 4.23. The van der Waals surface area contributed by atoms with Gasteiger partial charge in [0.05, 0.1) is 14.2 Å². The average Bonchev–Trinajstić information content (AvgIpc) is 2.44. The summed E-state index contributed by atoms with van der Waals surface area (Å²) in [5.74, 6) is 1.82. The van der Waals surface area contributed by atoms with Gasteiger partial charge in [0.15, 0.2) is 11.5 Å². The van der Waals surface area contributed by atoms with Gasteiger partial charge < -0.3 is 24.8 Å². The van der Waals surface area contributed by atoms with Crippen molar-refractivity contribution < 1.29 is 14.2 Å². The minimum absolute atomic E-state index is 0.308. The van der Waals surface area contributed by atoms with E-state index in [-0.39, 0.29) is 0 Å². The molecule has 1 aromatic carbocycles. The van der Waals surface area contributed by atoms with Crippen molar-refractivity contribution in [2.75, 3.05) is 41.0 Å². The van der Waals surface area contributed by atoms with Gasteiger partial charge in [-0.05, 0) is 19.2 Å². The fourth-order valence-corrected chi connectivity index (χ4v) is 1.65. The topological polar surface area (TPSA) is 51.8 Å². The molecule has 19 heavy (non-hydrogen) atoms. The maximum absolute atomic E-state index is 5.63. The predicted molar refractivity (Wildman–Crippen MR) is 79.6 cm³/mol. The highest BCUT2D eigenvalue weighted by Crippen LogP contribution is 2.36. The molecular formula is C13H20N2O3S. The lowest BCUT2D eigenvalue weighted by molar-refractivity contribution is 0.312. The van der Waals surface area contributed by atoms with Crippen molar-refractivity contribution in [3.8, 4) is 17.2 Å². The molecule has 0 saturated carbocycles. The highest BCUT2D eigenvalue weighted by molar-refractivity contribution is 7.80. The predicted octanol–water partition coefficient (Wildman–Crippen LogP) is 1.22. The summed E-state index contributed by atoms with van der Waals surface area (Å²) in [6.07, 6.45) is 0. The van der Waals surface area contributed by atoms with Crippen LogP contribution in [0.15, 0.2) is 18.2 Å². The third-order valence-corrected chi connectivity index (χ3v) is 2.68. The first-order valence-electron chi connectivity index (χ1n) is 5.98. The molecule has 106 valence electrons. The molecule has 0 aliphatic rings. The summed E-state index contributed by atoms with van der Waals surface area (Å²) >= 11 is 5.17. The number of hydrogen-bond acceptors (Lipinski definition) is 5. The number of thiocarbonyl (C=S) groups is 1. The van der Waals surface area contributed by atoms with E-state index in [1.54, 1.807) is 14.2 Å². The first-order valence-corrected chi connectivity index (χ1v) is 6.38. The molecule has 0 spiro atoms. The van der Waals surface area contributed by atoms with E-state index in [9.17, 15) is 0 Å². The van der Waals surface area contributed by atoms with Crippen LogP contribution in [0.25, 0.3) is 0 Å². The maximum atomic E-state index is 5.63. The van der Waals surface area contributed by atoms with Gasteiger partial charge in [-0.15, -0.1) is 0 Å². The summed E-state index contributed by atoms with van der Waals surface area (Å²) in [5.41, 5.74) is 0. The van der Waals surface area contributed by atoms with Crippen molar-refractivity contribution in [2.24, 2.45) is 0 Å². The molecule has 0 atom stereocenters. The minimum Gasteiger partial charge on any atom is -0.493 e. The second kappa shape index (κ2) is 8.55. The van der Waals surface area contributed by atoms with E-state index in [2.05, 4.69) is 10.6 Å². The van der Waals surface area contributed by atoms with Crippen molar-refractivity contribution >= 4 is 17.2 Å². The lowest BCUT2D eigenvalue weighted by atomic mass is 10.3. The third-order valence-electron chi connectivity index (χ3n) is 2.42. The number of ether oxygens (including phenoxy) is 3. The quantitative estimate of drug-likeness (QED) is 0.553. The monoisotopic (exact) mass is 284 g/mol. The molecule has 0 bridgehead atoms. The Labute approximate surface area is 119 Å². The lowest BCUT2D eigenvalue weighted by Gasteiger charge is -2.14. The Bertz CT molecular complexity index is 413. The zero-order valence-corrected chi connectivity index (χ0v) is 12.3. The highest BCUT2D eigenvalue weighted by atomic mass is 32.1. The minimum atomic E-state index is 0.308. The summed E-state index contributed by atoms with van der Waals surface area (Å²) in [4.78, 5) is 0.653. The summed E-state index contributed by atoms with van der Waals surface area (Å²) in [7, 11) is 5.06. The van der Waals surface area contributed by atoms with Gasteiger partial charge in [-0.3, -0.25) is 0 Å². The van der Waals surface area contributed by atoms with E-state index in [1.165, 1.54) is 0 Å². The molecule has 0 aliphatic heterocycles. The van der Waals surface area contributed by atoms with Crippen molar-refractivity contribution in [3.05, 3.63) is 18.2 Å². The van der Waals surface area contributed by atoms with Gasteiger partial charge in [0.1, 0.15) is 11.6 Å². The number of hydrogen-bond donors (Lipinski definition) is 2. The molecule has 0 fully saturated rings. The van der Waals surface area contributed by atoms with Crippen LogP contribution in [0.2, 0.25) is 0 Å². The van der Waals surface area contributed by atoms with Crippen molar-refractivity contribution in [1.29, 1.82) is 0 Å². The number of nitrogens with one attached hydrogen (secondary N) is 2. The first-order chi connectivity index (χ1) is 9.22. The molecule has 0 heterocycles. The Kier molecular flexibility index (Phi) is 6.99. The number of likely N-dealkylation sites (N-methyl/N-ethyl adjacent to an activating group) is 1. The van der Waals surface area contributed by atoms with Crippen LogP contribution in [-0.2, 0) is 0 Å². The molecule has 1 aromatic rings. The number of para-hydroxylation sites is 1. The molecule has 0 radical (unpaired) electrons. The van der Waals surface area contributed by atoms with E-state index in [0.717, 1.165) is 13.1 Å². The molecule has 0 amide bonds. The maximum Gasteiger partial charge on any atom is 0.203 e. The van der Waals surface area contributed by atoms with Gasteiger partial charge in [0.25, 0.3) is 0 Å². The SMILES string of the molecule is CNCCNC(=S)COc1cccc(OC)c1OC. The van der Waals surface area contributed by atoms with Crippen molar-refractivity contribution in [3.63, 3.8) is 0 Å². The molecule has 1 rings (SSSR count). The highest BCUT2D eigenvalue weighted by Gasteiger charge is 2.10. The fourth-order valence-electron chi connectivity index (χ4n) is 1.49. The lowest BCUT2D eigenvalue weighted by Crippen LogP contribution is -2.32. The normalized spacial score (nSPS) is 9.84. The van der Waals surface area contributed by atoms with Crippen LogP contribution >= 0.6 is 12.2 Å². The van der Waals surface area contributed by atoms with E-state index in [4.69, 9.17) is 26.4 Å². The van der Waals surface area contributed by atoms with Crippen LogP contribution in [-0.4, -0.2) is 46.0 Å². The van der Waals surface area contributed by atoms with Gasteiger partial charge in [0.2, 0.25) is 5.75 Å². The Balaban J connectivity index is 2.55. The zero-order chi connectivity index (χ0) is 14.1. The van der Waals surface area contributed by atoms with Crippen molar-refractivity contribution in [2.45, 2.75) is 0 Å². The molecule has 6 heteroatoms. The van der Waals surface area contributed by atoms with E-state index >= 15 is 0 Å². The van der Waals surface area contributed by atoms with Crippen LogP contribution in [0.3, 0.4) is 0 Å². The summed E-state index contributed by atoms with van der Waals surface area (Å²) in [5, 5.41) is 6.12. The van der Waals surface area contributed by atoms with Crippen LogP contribution in [0.1, 0.15) is 0 Å². The van der Waals surface area contributed by atoms with Crippen LogP contribution < -0.4 is 24.8 Å². The second-order valence-electron chi connectivity index (χ2n) is 3.73. The standard InChI is InChI=1S/C13H20N2O3S/c1-14-7-8-15-12(19)9-18-11-6-4-5-10(16-2)13(11)17-3/h4-6,14H,7-9H2,1-3H3,(H,15,19). The molecule has 0 aromatic heterocycles. The molecule has 0 unspecified atom stereocenters. The number of benzene rings is 1. The van der Waals surface area contributed by atoms with E-state index in [0.29, 0.717) is 28.8 Å². The molecule has 0 aliphatic carbocycles. The van der Waals surface area contributed by atoms with Gasteiger partial charge in [-0.25, -0.2) is 0 Å². The van der Waals surface area contributed by atoms with E-state index in [1.807, 2.05) is 25.2 Å². The van der Waals surface area contributed by atoms with Crippen LogP contribution in [0.5, 0.6) is 17.2 Å². The van der Waals surface area contributed by atoms with Gasteiger partial charge in [-0.2, -0.15) is 0 Å². The fraction of sp³-hybridized carbons (Fsp3) is 0.462. The largest absolute Gasteiger partial charge is 0.493 e. The van der Waals surface area contributed by atoms with Gasteiger partial charge in [0, 0.05) is 13.1 Å². The Morgan fingerprint density at radius 2 is 1.89 bits per heavy atom. The van der Waals surface area contributed by atoms with Crippen LogP contribution in [0, 0.1) is 0 Å². The molecule has 0 saturated heterocycles. The Morgan fingerprint density at radius 3 is 2.53 bits per heavy atom. The Morgan fingerprint density at radius 1 is 1.16 bits per heavy atom. The summed E-state index contributed by atoms with van der Waals surface area (Å²) in [6.45, 7) is 1.93. The van der Waals surface area contributed by atoms with Gasteiger partial charge in [-0.1, -0.05) is 18.3 Å². The average molecular weight is 284 g/mol. The summed E-state index contributed by atoms with van der Waals surface area (Å²) < 4.78 is 16.1. The third kappa shape index (κ3) is 4.92. The summed E-state index contributed by atoms with van der Waals surface area (Å²) in [6, 6.07) is 5.47. The Hall–Kier alpha value is -1.53. The molecular weight excluding hydrogens is 264 g/mol. The molecule has 2 N–H and O–H groups in total. The zero-order valence-electron chi connectivity index (χ0n) is 11.5. The van der Waals surface area contributed by atoms with E-state index < -0.39 is 0 Å². The van der Waals surface area contributed by atoms with Crippen molar-refractivity contribution in [1.82, 2.24) is 10.6 Å². The molecule has 5 nitrogen and oxygen atoms in total. The van der Waals surface area contributed by atoms with Gasteiger partial charge >= 0.3 is 0 Å².